The summed E-state index contributed by atoms with van der Waals surface area (Å²) in [7, 11) is 0. The molecule has 0 saturated heterocycles. The molecule has 3 nitrogen and oxygen atoms in total. The zero-order valence-corrected chi connectivity index (χ0v) is 46.5. The predicted octanol–water partition coefficient (Wildman–Crippen LogP) is 17.1. The van der Waals surface area contributed by atoms with Gasteiger partial charge in [-0.3, -0.25) is 0 Å². The van der Waals surface area contributed by atoms with Crippen molar-refractivity contribution < 1.29 is 4.42 Å². The lowest BCUT2D eigenvalue weighted by Gasteiger charge is -2.47. The van der Waals surface area contributed by atoms with E-state index in [4.69, 9.17) is 4.42 Å². The van der Waals surface area contributed by atoms with Gasteiger partial charge in [-0.25, -0.2) is 0 Å². The Morgan fingerprint density at radius 2 is 0.915 bits per heavy atom. The molecule has 0 N–H and O–H groups in total. The molecule has 0 spiro atoms. The van der Waals surface area contributed by atoms with Crippen LogP contribution in [0.2, 0.25) is 0 Å². The number of anilines is 6. The number of hydrogen-bond acceptors (Lipinski definition) is 3. The lowest BCUT2D eigenvalue weighted by molar-refractivity contribution is 0.332. The zero-order valence-electron chi connectivity index (χ0n) is 46.5. The topological polar surface area (TPSA) is 19.6 Å². The molecule has 3 heterocycles. The van der Waals surface area contributed by atoms with Gasteiger partial charge in [-0.05, 0) is 186 Å². The van der Waals surface area contributed by atoms with Gasteiger partial charge in [0, 0.05) is 33.7 Å². The van der Waals surface area contributed by atoms with Gasteiger partial charge >= 0.3 is 0 Å². The quantitative estimate of drug-likeness (QED) is 0.165. The number of benzene rings is 6. The number of fused-ring (bicyclic) bond motifs is 8. The molecule has 0 unspecified atom stereocenters. The van der Waals surface area contributed by atoms with Crippen LogP contribution in [-0.2, 0) is 37.9 Å². The third-order valence-electron chi connectivity index (χ3n) is 17.9. The maximum Gasteiger partial charge on any atom is 0.297 e. The molecule has 0 radical (unpaired) electrons. The second kappa shape index (κ2) is 15.3. The smallest absolute Gasteiger partial charge is 0.297 e. The molecule has 0 fully saturated rings. The molecule has 4 heteroatoms. The molecule has 7 aromatic rings. The van der Waals surface area contributed by atoms with Gasteiger partial charge in [-0.2, -0.15) is 0 Å². The van der Waals surface area contributed by atoms with Crippen molar-refractivity contribution in [3.8, 4) is 11.1 Å². The van der Waals surface area contributed by atoms with Crippen LogP contribution in [0.4, 0.5) is 34.1 Å². The Kier molecular flexibility index (Phi) is 10.3. The lowest BCUT2D eigenvalue weighted by atomic mass is 9.35. The van der Waals surface area contributed by atoms with Gasteiger partial charge in [0.25, 0.3) is 6.71 Å². The van der Waals surface area contributed by atoms with Crippen LogP contribution in [0.5, 0.6) is 0 Å². The SMILES string of the molecule is Cc1cc2c3c(c1)N(c1ccc(C(C)(C)C)cc1)c1c(oc4ccc(C(C)(C)C)cc14)B3c1cc3c(cc1N2c1cc2c(cc1-c1ccc(C(C)(C)C)cc1)C(C)(C)CCC2(C)C)C(C)(C)CCC3(C)C. The number of rotatable bonds is 3. The van der Waals surface area contributed by atoms with Crippen molar-refractivity contribution >= 4 is 68.4 Å². The van der Waals surface area contributed by atoms with E-state index >= 15 is 0 Å². The Labute approximate surface area is 427 Å². The van der Waals surface area contributed by atoms with E-state index in [-0.39, 0.29) is 44.6 Å². The molecule has 0 bridgehead atoms. The first kappa shape index (κ1) is 47.8. The van der Waals surface area contributed by atoms with Gasteiger partial charge < -0.3 is 14.2 Å². The fraction of sp³-hybridized carbons (Fsp3) is 0.433. The molecule has 0 amide bonds. The van der Waals surface area contributed by atoms with Gasteiger partial charge in [0.15, 0.2) is 0 Å². The van der Waals surface area contributed by atoms with E-state index in [1.165, 1.54) is 94.7 Å². The summed E-state index contributed by atoms with van der Waals surface area (Å²) >= 11 is 0. The molecular formula is C67H79BN2O. The fourth-order valence-corrected chi connectivity index (χ4v) is 13.0. The van der Waals surface area contributed by atoms with Crippen LogP contribution in [0, 0.1) is 6.92 Å². The Balaban J connectivity index is 1.29. The summed E-state index contributed by atoms with van der Waals surface area (Å²) in [6.07, 6.45) is 4.61. The van der Waals surface area contributed by atoms with E-state index < -0.39 is 0 Å². The van der Waals surface area contributed by atoms with Gasteiger partial charge in [0.05, 0.1) is 17.0 Å². The number of aryl methyl sites for hydroxylation is 1. The molecule has 0 atom stereocenters. The first-order chi connectivity index (χ1) is 33.0. The highest BCUT2D eigenvalue weighted by atomic mass is 16.3. The van der Waals surface area contributed by atoms with Crippen molar-refractivity contribution in [3.63, 3.8) is 0 Å². The van der Waals surface area contributed by atoms with Gasteiger partial charge in [-0.15, -0.1) is 0 Å². The van der Waals surface area contributed by atoms with Gasteiger partial charge in [-0.1, -0.05) is 166 Å². The summed E-state index contributed by atoms with van der Waals surface area (Å²) in [5.74, 6) is 0. The highest BCUT2D eigenvalue weighted by molar-refractivity contribution is 7.00. The second-order valence-corrected chi connectivity index (χ2v) is 28.1. The summed E-state index contributed by atoms with van der Waals surface area (Å²) in [5, 5.41) is 1.17. The average Bonchev–Trinajstić information content (AvgIpc) is 3.66. The van der Waals surface area contributed by atoms with Gasteiger partial charge in [0.2, 0.25) is 0 Å². The second-order valence-electron chi connectivity index (χ2n) is 28.1. The molecule has 366 valence electrons. The standard InChI is InChI=1S/C67H79BN2O/c1-40-33-55-58-56(34-40)70(53-38-50-48(64(11,12)29-31-66(50,15)16)36-46(53)41-19-21-42(22-20-41)61(2,3)4)54-39-51-49(65(13,14)30-32-67(51,17)18)37-52(54)68(58)60-59(47-35-44(63(8,9)10)25-28-57(47)71-60)69(55)45-26-23-43(24-27-45)62(5,6)7/h19-28,33-39H,29-32H2,1-18H3. The molecule has 6 aromatic carbocycles. The van der Waals surface area contributed by atoms with E-state index in [2.05, 4.69) is 238 Å². The van der Waals surface area contributed by atoms with E-state index in [1.54, 1.807) is 0 Å². The Morgan fingerprint density at radius 3 is 1.44 bits per heavy atom. The molecule has 0 saturated carbocycles. The maximum atomic E-state index is 7.50. The van der Waals surface area contributed by atoms with Crippen molar-refractivity contribution in [3.05, 3.63) is 148 Å². The van der Waals surface area contributed by atoms with E-state index in [0.717, 1.165) is 48.3 Å². The summed E-state index contributed by atoms with van der Waals surface area (Å²) < 4.78 is 7.50. The minimum atomic E-state index is -0.133. The first-order valence-electron chi connectivity index (χ1n) is 26.9. The van der Waals surface area contributed by atoms with Crippen molar-refractivity contribution in [1.29, 1.82) is 0 Å². The minimum Gasteiger partial charge on any atom is -0.468 e. The lowest BCUT2D eigenvalue weighted by Crippen LogP contribution is -2.61. The number of hydrogen-bond donors (Lipinski definition) is 0. The molecule has 2 aliphatic carbocycles. The van der Waals surface area contributed by atoms with Crippen molar-refractivity contribution in [1.82, 2.24) is 0 Å². The molecule has 11 rings (SSSR count). The fourth-order valence-electron chi connectivity index (χ4n) is 13.0. The van der Waals surface area contributed by atoms with Crippen LogP contribution in [0.1, 0.15) is 188 Å². The van der Waals surface area contributed by atoms with Crippen LogP contribution in [-0.4, -0.2) is 6.71 Å². The van der Waals surface area contributed by atoms with E-state index in [9.17, 15) is 0 Å². The summed E-state index contributed by atoms with van der Waals surface area (Å²) in [6.45, 7) is 42.9. The Hall–Kier alpha value is -5.48. The summed E-state index contributed by atoms with van der Waals surface area (Å²) in [4.78, 5) is 5.30. The number of nitrogens with zero attached hydrogens (tertiary/aromatic N) is 2. The predicted molar refractivity (Wildman–Crippen MR) is 307 cm³/mol. The normalized spacial score (nSPS) is 18.4. The largest absolute Gasteiger partial charge is 0.468 e. The first-order valence-corrected chi connectivity index (χ1v) is 26.9. The number of furan rings is 1. The monoisotopic (exact) mass is 939 g/mol. The van der Waals surface area contributed by atoms with Crippen LogP contribution in [0.25, 0.3) is 22.1 Å². The third kappa shape index (κ3) is 7.49. The van der Waals surface area contributed by atoms with E-state index in [1.807, 2.05) is 0 Å². The molecule has 4 aliphatic rings. The molecule has 71 heavy (non-hydrogen) atoms. The molecule has 1 aromatic heterocycles. The highest BCUT2D eigenvalue weighted by Gasteiger charge is 2.50. The Bertz CT molecular complexity index is 3320. The van der Waals surface area contributed by atoms with Crippen molar-refractivity contribution in [2.24, 2.45) is 0 Å². The van der Waals surface area contributed by atoms with Crippen LogP contribution < -0.4 is 26.4 Å². The zero-order chi connectivity index (χ0) is 50.9. The Morgan fingerprint density at radius 1 is 0.465 bits per heavy atom. The average molecular weight is 939 g/mol. The van der Waals surface area contributed by atoms with E-state index in [0.29, 0.717) is 0 Å². The third-order valence-corrected chi connectivity index (χ3v) is 17.9. The highest BCUT2D eigenvalue weighted by Crippen LogP contribution is 2.55. The van der Waals surface area contributed by atoms with Crippen LogP contribution in [0.3, 0.4) is 0 Å². The molecular weight excluding hydrogens is 860 g/mol. The van der Waals surface area contributed by atoms with Crippen molar-refractivity contribution in [2.75, 3.05) is 9.80 Å². The summed E-state index contributed by atoms with van der Waals surface area (Å²) in [5.41, 5.74) is 25.7. The van der Waals surface area contributed by atoms with Crippen molar-refractivity contribution in [2.45, 2.75) is 188 Å². The summed E-state index contributed by atoms with van der Waals surface area (Å²) in [6, 6.07) is 41.4. The maximum absolute atomic E-state index is 7.50. The molecule has 2 aliphatic heterocycles. The van der Waals surface area contributed by atoms with Crippen LogP contribution in [0.15, 0.2) is 108 Å². The minimum absolute atomic E-state index is 0.00748. The van der Waals surface area contributed by atoms with Gasteiger partial charge in [0.1, 0.15) is 5.58 Å². The van der Waals surface area contributed by atoms with Crippen LogP contribution >= 0.6 is 0 Å².